The number of carbonyl (C=O) groups is 1. The van der Waals surface area contributed by atoms with Crippen LogP contribution in [0.15, 0.2) is 59.6 Å². The van der Waals surface area contributed by atoms with E-state index in [1.165, 1.54) is 31.7 Å². The first-order chi connectivity index (χ1) is 15.6. The molecule has 0 unspecified atom stereocenters. The number of hydrogen-bond acceptors (Lipinski definition) is 6. The Morgan fingerprint density at radius 3 is 2.88 bits per heavy atom. The zero-order chi connectivity index (χ0) is 22.3. The summed E-state index contributed by atoms with van der Waals surface area (Å²) < 4.78 is 0. The number of H-pyrrole nitrogens is 1. The third-order valence-electron chi connectivity index (χ3n) is 5.55. The molecule has 1 amide bonds. The van der Waals surface area contributed by atoms with E-state index >= 15 is 0 Å². The second-order valence-electron chi connectivity index (χ2n) is 7.93. The summed E-state index contributed by atoms with van der Waals surface area (Å²) in [6, 6.07) is 5.94. The lowest BCUT2D eigenvalue weighted by Crippen LogP contribution is -2.31. The van der Waals surface area contributed by atoms with Gasteiger partial charge >= 0.3 is 0 Å². The minimum atomic E-state index is -0.336. The molecule has 3 aromatic rings. The van der Waals surface area contributed by atoms with E-state index in [1.54, 1.807) is 6.20 Å². The zero-order valence-corrected chi connectivity index (χ0v) is 18.2. The minimum Gasteiger partial charge on any atom is -0.304 e. The maximum absolute atomic E-state index is 12.7. The van der Waals surface area contributed by atoms with Crippen LogP contribution in [0.5, 0.6) is 0 Å². The Morgan fingerprint density at radius 2 is 2.12 bits per heavy atom. The number of aromatic amines is 1. The molecule has 0 radical (unpaired) electrons. The second-order valence-corrected chi connectivity index (χ2v) is 7.93. The van der Waals surface area contributed by atoms with Gasteiger partial charge in [-0.2, -0.15) is 5.10 Å². The summed E-state index contributed by atoms with van der Waals surface area (Å²) in [6.07, 6.45) is 12.3. The van der Waals surface area contributed by atoms with Crippen LogP contribution >= 0.6 is 0 Å². The van der Waals surface area contributed by atoms with Gasteiger partial charge in [-0.15, -0.1) is 0 Å². The summed E-state index contributed by atoms with van der Waals surface area (Å²) in [5.74, 6) is 0.0439. The van der Waals surface area contributed by atoms with Crippen LogP contribution in [0, 0.1) is 0 Å². The standard InChI is InChI=1S/C24H27N7O/c1-17(12-18(14-25-2)16-31-10-4-3-5-11-31)19-6-7-21-20(13-19)23(30-29-21)24(32)28-22-15-26-8-9-27-22/h6-9,12-15H,2-5,10-11,16H2,1H3,(H,29,30)(H,27,28,32)/b17-12+,18-14+. The number of hydrogen-bond donors (Lipinski definition) is 2. The number of amides is 1. The number of anilines is 1. The van der Waals surface area contributed by atoms with Gasteiger partial charge in [-0.1, -0.05) is 18.6 Å². The molecular formula is C24H27N7O. The predicted molar refractivity (Wildman–Crippen MR) is 128 cm³/mol. The van der Waals surface area contributed by atoms with Crippen LogP contribution in [-0.2, 0) is 0 Å². The predicted octanol–water partition coefficient (Wildman–Crippen LogP) is 4.08. The van der Waals surface area contributed by atoms with Crippen LogP contribution in [0.1, 0.15) is 42.2 Å². The van der Waals surface area contributed by atoms with Crippen molar-refractivity contribution in [2.75, 3.05) is 25.0 Å². The van der Waals surface area contributed by atoms with Crippen LogP contribution < -0.4 is 5.32 Å². The van der Waals surface area contributed by atoms with Gasteiger partial charge in [-0.05, 0) is 68.4 Å². The number of allylic oxidation sites excluding steroid dienone is 1. The number of piperidine rings is 1. The lowest BCUT2D eigenvalue weighted by atomic mass is 10.0. The van der Waals surface area contributed by atoms with Crippen LogP contribution in [0.25, 0.3) is 16.5 Å². The Kier molecular flexibility index (Phi) is 6.81. The number of benzene rings is 1. The number of aromatic nitrogens is 4. The van der Waals surface area contributed by atoms with Crippen LogP contribution in [-0.4, -0.2) is 57.3 Å². The smallest absolute Gasteiger partial charge is 0.277 e. The average molecular weight is 430 g/mol. The number of nitrogens with zero attached hydrogens (tertiary/aromatic N) is 5. The molecule has 2 N–H and O–H groups in total. The van der Waals surface area contributed by atoms with E-state index in [9.17, 15) is 4.79 Å². The van der Waals surface area contributed by atoms with Gasteiger partial charge in [0.15, 0.2) is 11.5 Å². The molecule has 0 aliphatic carbocycles. The van der Waals surface area contributed by atoms with Crippen LogP contribution in [0.3, 0.4) is 0 Å². The molecule has 1 saturated heterocycles. The van der Waals surface area contributed by atoms with E-state index in [4.69, 9.17) is 0 Å². The maximum atomic E-state index is 12.7. The topological polar surface area (TPSA) is 99.2 Å². The Balaban J connectivity index is 1.57. The van der Waals surface area contributed by atoms with Crippen molar-refractivity contribution < 1.29 is 4.79 Å². The maximum Gasteiger partial charge on any atom is 0.277 e. The summed E-state index contributed by atoms with van der Waals surface area (Å²) in [5, 5.41) is 10.6. The van der Waals surface area contributed by atoms with Crippen molar-refractivity contribution in [1.82, 2.24) is 25.1 Å². The van der Waals surface area contributed by atoms with Gasteiger partial charge in [0, 0.05) is 30.5 Å². The molecule has 0 saturated carbocycles. The fraction of sp³-hybridized carbons (Fsp3) is 0.292. The fourth-order valence-corrected chi connectivity index (χ4v) is 3.95. The number of rotatable bonds is 7. The molecule has 4 rings (SSSR count). The molecule has 32 heavy (non-hydrogen) atoms. The quantitative estimate of drug-likeness (QED) is 0.436. The van der Waals surface area contributed by atoms with E-state index in [2.05, 4.69) is 55.1 Å². The first kappa shape index (κ1) is 21.6. The number of carbonyl (C=O) groups excluding carboxylic acids is 1. The van der Waals surface area contributed by atoms with Gasteiger partial charge in [0.05, 0.1) is 11.7 Å². The van der Waals surface area contributed by atoms with E-state index in [-0.39, 0.29) is 5.91 Å². The van der Waals surface area contributed by atoms with E-state index in [0.29, 0.717) is 11.5 Å². The second kappa shape index (κ2) is 10.1. The van der Waals surface area contributed by atoms with Crippen molar-refractivity contribution in [2.24, 2.45) is 4.99 Å². The van der Waals surface area contributed by atoms with E-state index in [1.807, 2.05) is 24.4 Å². The lowest BCUT2D eigenvalue weighted by molar-refractivity contribution is 0.102. The Morgan fingerprint density at radius 1 is 1.28 bits per heavy atom. The monoisotopic (exact) mass is 429 g/mol. The van der Waals surface area contributed by atoms with Gasteiger partial charge in [0.25, 0.3) is 5.91 Å². The highest BCUT2D eigenvalue weighted by molar-refractivity contribution is 6.11. The first-order valence-electron chi connectivity index (χ1n) is 10.8. The van der Waals surface area contributed by atoms with E-state index in [0.717, 1.165) is 47.2 Å². The molecular weight excluding hydrogens is 402 g/mol. The summed E-state index contributed by atoms with van der Waals surface area (Å²) in [7, 11) is 0. The Bertz CT molecular complexity index is 1160. The number of aliphatic imine (C=N–C) groups is 1. The van der Waals surface area contributed by atoms with Crippen molar-refractivity contribution in [1.29, 1.82) is 0 Å². The number of nitrogens with one attached hydrogen (secondary N) is 2. The van der Waals surface area contributed by atoms with Gasteiger partial charge < -0.3 is 5.32 Å². The molecule has 0 bridgehead atoms. The molecule has 2 aromatic heterocycles. The first-order valence-corrected chi connectivity index (χ1v) is 10.8. The third-order valence-corrected chi connectivity index (χ3v) is 5.55. The normalized spacial score (nSPS) is 15.7. The fourth-order valence-electron chi connectivity index (χ4n) is 3.95. The Hall–Kier alpha value is -3.65. The minimum absolute atomic E-state index is 0.317. The number of likely N-dealkylation sites (tertiary alicyclic amines) is 1. The molecule has 8 nitrogen and oxygen atoms in total. The van der Waals surface area contributed by atoms with Gasteiger partial charge in [0.2, 0.25) is 0 Å². The Labute approximate surface area is 187 Å². The average Bonchev–Trinajstić information content (AvgIpc) is 3.24. The molecule has 1 fully saturated rings. The molecule has 1 aliphatic rings. The molecule has 0 spiro atoms. The van der Waals surface area contributed by atoms with E-state index < -0.39 is 0 Å². The largest absolute Gasteiger partial charge is 0.304 e. The molecule has 1 aliphatic heterocycles. The molecule has 0 atom stereocenters. The van der Waals surface area contributed by atoms with Crippen molar-refractivity contribution >= 4 is 34.9 Å². The third kappa shape index (κ3) is 5.15. The lowest BCUT2D eigenvalue weighted by Gasteiger charge is -2.26. The summed E-state index contributed by atoms with van der Waals surface area (Å²) in [4.78, 5) is 27.3. The molecule has 164 valence electrons. The molecule has 3 heterocycles. The highest BCUT2D eigenvalue weighted by Crippen LogP contribution is 2.24. The van der Waals surface area contributed by atoms with Crippen molar-refractivity contribution in [2.45, 2.75) is 26.2 Å². The van der Waals surface area contributed by atoms with Crippen molar-refractivity contribution in [3.63, 3.8) is 0 Å². The van der Waals surface area contributed by atoms with Gasteiger partial charge in [0.1, 0.15) is 0 Å². The summed E-state index contributed by atoms with van der Waals surface area (Å²) in [6.45, 7) is 8.79. The van der Waals surface area contributed by atoms with Gasteiger partial charge in [-0.3, -0.25) is 24.8 Å². The summed E-state index contributed by atoms with van der Waals surface area (Å²) in [5.41, 5.74) is 4.33. The van der Waals surface area contributed by atoms with Crippen LogP contribution in [0.2, 0.25) is 0 Å². The summed E-state index contributed by atoms with van der Waals surface area (Å²) >= 11 is 0. The highest BCUT2D eigenvalue weighted by Gasteiger charge is 2.16. The number of fused-ring (bicyclic) bond motifs is 1. The zero-order valence-electron chi connectivity index (χ0n) is 18.2. The molecule has 1 aromatic carbocycles. The highest BCUT2D eigenvalue weighted by atomic mass is 16.2. The SMILES string of the molecule is C=N/C=C(\C=C(/C)c1ccc2[nH]nc(C(=O)Nc3cnccn3)c2c1)CN1CCCCC1. The van der Waals surface area contributed by atoms with Crippen molar-refractivity contribution in [3.05, 3.63) is 65.9 Å². The van der Waals surface area contributed by atoms with Crippen molar-refractivity contribution in [3.8, 4) is 0 Å². The van der Waals surface area contributed by atoms with Crippen LogP contribution in [0.4, 0.5) is 5.82 Å². The van der Waals surface area contributed by atoms with Gasteiger partial charge in [-0.25, -0.2) is 4.98 Å². The molecule has 8 heteroatoms.